The Morgan fingerprint density at radius 3 is 2.13 bits per heavy atom. The molecule has 8 nitrogen and oxygen atoms in total. The molecule has 0 radical (unpaired) electrons. The van der Waals surface area contributed by atoms with Crippen LogP contribution >= 0.6 is 0 Å². The van der Waals surface area contributed by atoms with Gasteiger partial charge in [-0.2, -0.15) is 0 Å². The van der Waals surface area contributed by atoms with Crippen molar-refractivity contribution in [1.29, 1.82) is 0 Å². The molecule has 3 atom stereocenters. The molecule has 38 heavy (non-hydrogen) atoms. The van der Waals surface area contributed by atoms with Gasteiger partial charge in [0.2, 0.25) is 0 Å². The zero-order valence-electron chi connectivity index (χ0n) is 22.0. The van der Waals surface area contributed by atoms with Gasteiger partial charge < -0.3 is 23.7 Å². The van der Waals surface area contributed by atoms with E-state index in [0.29, 0.717) is 17.2 Å². The van der Waals surface area contributed by atoms with Crippen LogP contribution < -0.4 is 23.7 Å². The molecule has 1 aliphatic carbocycles. The SMILES string of the molecule is COc1ccc(S(=O)(=O)Nc2cccc([C@@H]3O[C@H]4CCCC[C@@H]4c4c(OC)ccc(OC)c43)c2)cc1OC. The number of sulfonamides is 1. The first-order valence-corrected chi connectivity index (χ1v) is 14.1. The Bertz CT molecular complexity index is 1420. The molecular formula is C29H33NO7S. The zero-order chi connectivity index (χ0) is 26.9. The molecule has 0 bridgehead atoms. The summed E-state index contributed by atoms with van der Waals surface area (Å²) >= 11 is 0. The van der Waals surface area contributed by atoms with Crippen LogP contribution in [0.2, 0.25) is 0 Å². The Balaban J connectivity index is 1.53. The molecular weight excluding hydrogens is 506 g/mol. The Hall–Kier alpha value is -3.43. The Morgan fingerprint density at radius 2 is 1.42 bits per heavy atom. The molecule has 3 aromatic rings. The van der Waals surface area contributed by atoms with Crippen LogP contribution in [0.4, 0.5) is 5.69 Å². The number of nitrogens with one attached hydrogen (secondary N) is 1. The number of fused-ring (bicyclic) bond motifs is 3. The van der Waals surface area contributed by atoms with E-state index < -0.39 is 16.1 Å². The van der Waals surface area contributed by atoms with Gasteiger partial charge in [0.1, 0.15) is 17.6 Å². The van der Waals surface area contributed by atoms with E-state index in [2.05, 4.69) is 4.72 Å². The first-order valence-electron chi connectivity index (χ1n) is 12.6. The van der Waals surface area contributed by atoms with Crippen molar-refractivity contribution in [2.75, 3.05) is 33.2 Å². The van der Waals surface area contributed by atoms with E-state index in [9.17, 15) is 8.42 Å². The Kier molecular flexibility index (Phi) is 7.40. The molecule has 5 rings (SSSR count). The van der Waals surface area contributed by atoms with Gasteiger partial charge in [-0.05, 0) is 54.8 Å². The zero-order valence-corrected chi connectivity index (χ0v) is 22.8. The van der Waals surface area contributed by atoms with E-state index in [1.165, 1.54) is 26.4 Å². The molecule has 0 spiro atoms. The molecule has 3 aromatic carbocycles. The van der Waals surface area contributed by atoms with E-state index in [-0.39, 0.29) is 16.9 Å². The van der Waals surface area contributed by atoms with Crippen LogP contribution in [0.3, 0.4) is 0 Å². The number of ether oxygens (including phenoxy) is 5. The molecule has 1 heterocycles. The van der Waals surface area contributed by atoms with Crippen molar-refractivity contribution >= 4 is 15.7 Å². The fraction of sp³-hybridized carbons (Fsp3) is 0.379. The molecule has 2 aliphatic rings. The second kappa shape index (κ2) is 10.7. The van der Waals surface area contributed by atoms with Crippen molar-refractivity contribution in [2.24, 2.45) is 0 Å². The van der Waals surface area contributed by atoms with Crippen molar-refractivity contribution in [2.45, 2.75) is 48.7 Å². The van der Waals surface area contributed by atoms with Gasteiger partial charge in [-0.15, -0.1) is 0 Å². The van der Waals surface area contributed by atoms with Crippen LogP contribution in [0.5, 0.6) is 23.0 Å². The van der Waals surface area contributed by atoms with Crippen LogP contribution in [0.25, 0.3) is 0 Å². The molecule has 0 unspecified atom stereocenters. The van der Waals surface area contributed by atoms with Crippen molar-refractivity contribution < 1.29 is 32.1 Å². The summed E-state index contributed by atoms with van der Waals surface area (Å²) in [5.74, 6) is 2.57. The first kappa shape index (κ1) is 26.2. The van der Waals surface area contributed by atoms with E-state index in [0.717, 1.165) is 53.9 Å². The van der Waals surface area contributed by atoms with Gasteiger partial charge in [-0.1, -0.05) is 25.0 Å². The summed E-state index contributed by atoms with van der Waals surface area (Å²) in [6.07, 6.45) is 3.86. The molecule has 0 aromatic heterocycles. The Morgan fingerprint density at radius 1 is 0.763 bits per heavy atom. The third kappa shape index (κ3) is 4.76. The van der Waals surface area contributed by atoms with Crippen molar-refractivity contribution in [1.82, 2.24) is 0 Å². The molecule has 1 fully saturated rings. The average molecular weight is 540 g/mol. The highest BCUT2D eigenvalue weighted by Gasteiger charge is 2.41. The number of anilines is 1. The molecule has 0 amide bonds. The predicted octanol–water partition coefficient (Wildman–Crippen LogP) is 5.67. The van der Waals surface area contributed by atoms with E-state index >= 15 is 0 Å². The molecule has 1 saturated carbocycles. The quantitative estimate of drug-likeness (QED) is 0.394. The van der Waals surface area contributed by atoms with Gasteiger partial charge >= 0.3 is 0 Å². The monoisotopic (exact) mass is 539 g/mol. The summed E-state index contributed by atoms with van der Waals surface area (Å²) in [4.78, 5) is 0.0660. The molecule has 1 N–H and O–H groups in total. The van der Waals surface area contributed by atoms with Crippen molar-refractivity contribution in [3.63, 3.8) is 0 Å². The van der Waals surface area contributed by atoms with Gasteiger partial charge in [0.25, 0.3) is 10.0 Å². The second-order valence-electron chi connectivity index (χ2n) is 9.49. The largest absolute Gasteiger partial charge is 0.496 e. The average Bonchev–Trinajstić information content (AvgIpc) is 2.95. The topological polar surface area (TPSA) is 92.3 Å². The Labute approximate surface area is 223 Å². The smallest absolute Gasteiger partial charge is 0.262 e. The molecule has 9 heteroatoms. The minimum Gasteiger partial charge on any atom is -0.496 e. The fourth-order valence-electron chi connectivity index (χ4n) is 5.65. The van der Waals surface area contributed by atoms with E-state index in [1.807, 2.05) is 30.3 Å². The number of benzene rings is 3. The summed E-state index contributed by atoms with van der Waals surface area (Å²) < 4.78 is 58.0. The van der Waals surface area contributed by atoms with Crippen LogP contribution in [0.15, 0.2) is 59.5 Å². The maximum Gasteiger partial charge on any atom is 0.262 e. The number of rotatable bonds is 8. The molecule has 0 saturated heterocycles. The lowest BCUT2D eigenvalue weighted by molar-refractivity contribution is -0.0406. The van der Waals surface area contributed by atoms with Gasteiger partial charge in [-0.3, -0.25) is 4.72 Å². The third-order valence-corrected chi connectivity index (χ3v) is 8.78. The normalized spacial score (nSPS) is 20.6. The summed E-state index contributed by atoms with van der Waals surface area (Å²) in [6, 6.07) is 15.7. The van der Waals surface area contributed by atoms with Crippen LogP contribution in [0, 0.1) is 0 Å². The fourth-order valence-corrected chi connectivity index (χ4v) is 6.71. The number of hydrogen-bond acceptors (Lipinski definition) is 7. The highest BCUT2D eigenvalue weighted by Crippen LogP contribution is 2.53. The summed E-state index contributed by atoms with van der Waals surface area (Å²) in [7, 11) is 2.42. The van der Waals surface area contributed by atoms with E-state index in [4.69, 9.17) is 23.7 Å². The maximum atomic E-state index is 13.3. The second-order valence-corrected chi connectivity index (χ2v) is 11.2. The predicted molar refractivity (Wildman–Crippen MR) is 144 cm³/mol. The summed E-state index contributed by atoms with van der Waals surface area (Å²) in [5.41, 5.74) is 3.32. The highest BCUT2D eigenvalue weighted by atomic mass is 32.2. The van der Waals surface area contributed by atoms with Crippen molar-refractivity contribution in [3.8, 4) is 23.0 Å². The van der Waals surface area contributed by atoms with Crippen molar-refractivity contribution in [3.05, 3.63) is 71.3 Å². The number of methoxy groups -OCH3 is 4. The van der Waals surface area contributed by atoms with Gasteiger partial charge in [0.15, 0.2) is 11.5 Å². The summed E-state index contributed by atoms with van der Waals surface area (Å²) in [6.45, 7) is 0. The lowest BCUT2D eigenvalue weighted by Crippen LogP contribution is -2.34. The lowest BCUT2D eigenvalue weighted by Gasteiger charge is -2.42. The summed E-state index contributed by atoms with van der Waals surface area (Å²) in [5, 5.41) is 0. The third-order valence-electron chi connectivity index (χ3n) is 7.40. The van der Waals surface area contributed by atoms with E-state index in [1.54, 1.807) is 26.4 Å². The van der Waals surface area contributed by atoms with Crippen LogP contribution in [0.1, 0.15) is 54.4 Å². The van der Waals surface area contributed by atoms with Crippen LogP contribution in [-0.4, -0.2) is 43.0 Å². The van der Waals surface area contributed by atoms with Crippen LogP contribution in [-0.2, 0) is 14.8 Å². The molecule has 1 aliphatic heterocycles. The minimum absolute atomic E-state index is 0.0503. The first-order chi connectivity index (χ1) is 18.4. The maximum absolute atomic E-state index is 13.3. The minimum atomic E-state index is -3.89. The van der Waals surface area contributed by atoms with Gasteiger partial charge in [0, 0.05) is 28.8 Å². The molecule has 202 valence electrons. The highest BCUT2D eigenvalue weighted by molar-refractivity contribution is 7.92. The van der Waals surface area contributed by atoms with Gasteiger partial charge in [-0.25, -0.2) is 8.42 Å². The van der Waals surface area contributed by atoms with Gasteiger partial charge in [0.05, 0.1) is 39.4 Å². The lowest BCUT2D eigenvalue weighted by atomic mass is 9.75. The standard InChI is InChI=1S/C29H33NO7S/c1-33-23-13-12-20(17-26(23)36-4)38(31,32)30-19-9-7-8-18(16-19)29-28-25(35-3)15-14-24(34-2)27(28)21-10-5-6-11-22(21)37-29/h7-9,12-17,21-22,29-30H,5-6,10-11H2,1-4H3/t21-,22-,29-/m0/s1. The number of hydrogen-bond donors (Lipinski definition) is 1.